The van der Waals surface area contributed by atoms with Gasteiger partial charge in [0.2, 0.25) is 0 Å². The Balaban J connectivity index is 2.80. The van der Waals surface area contributed by atoms with Crippen molar-refractivity contribution in [1.29, 1.82) is 0 Å². The van der Waals surface area contributed by atoms with Crippen LogP contribution in [0.4, 0.5) is 0 Å². The van der Waals surface area contributed by atoms with Gasteiger partial charge in [-0.3, -0.25) is 4.57 Å². The van der Waals surface area contributed by atoms with Crippen molar-refractivity contribution in [3.05, 3.63) is 36.6 Å². The van der Waals surface area contributed by atoms with Crippen LogP contribution in [0.5, 0.6) is 0 Å². The van der Waals surface area contributed by atoms with Gasteiger partial charge in [0.05, 0.1) is 0 Å². The molecule has 1 aromatic rings. The minimum absolute atomic E-state index is 0.205. The fraction of sp³-hybridized carbons (Fsp3) is 0.222. The Morgan fingerprint density at radius 2 is 2.12 bits per heavy atom. The zero-order chi connectivity index (χ0) is 12.2. The number of aromatic nitrogens is 2. The Morgan fingerprint density at radius 1 is 1.56 bits per heavy atom. The molecule has 1 aromatic heterocycles. The molecular formula is C9H12N3O3P. The minimum Gasteiger partial charge on any atom is -0.324 e. The third-order valence-electron chi connectivity index (χ3n) is 1.78. The van der Waals surface area contributed by atoms with Crippen LogP contribution in [-0.4, -0.2) is 25.8 Å². The van der Waals surface area contributed by atoms with Crippen molar-refractivity contribution in [3.63, 3.8) is 0 Å². The second kappa shape index (κ2) is 5.16. The Bertz CT molecular complexity index is 448. The number of rotatable bonds is 4. The van der Waals surface area contributed by atoms with Gasteiger partial charge in [-0.2, -0.15) is 0 Å². The summed E-state index contributed by atoms with van der Waals surface area (Å²) < 4.78 is 10.8. The highest BCUT2D eigenvalue weighted by Gasteiger charge is 2.17. The second-order valence-corrected chi connectivity index (χ2v) is 4.74. The van der Waals surface area contributed by atoms with E-state index >= 15 is 0 Å². The highest BCUT2D eigenvalue weighted by atomic mass is 31.2. The lowest BCUT2D eigenvalue weighted by Gasteiger charge is -2.06. The van der Waals surface area contributed by atoms with E-state index in [1.165, 1.54) is 0 Å². The van der Waals surface area contributed by atoms with E-state index < -0.39 is 7.60 Å². The van der Waals surface area contributed by atoms with Gasteiger partial charge < -0.3 is 15.5 Å². The van der Waals surface area contributed by atoms with Crippen molar-refractivity contribution in [2.24, 2.45) is 5.73 Å². The maximum Gasteiger partial charge on any atom is 0.359 e. The van der Waals surface area contributed by atoms with Crippen LogP contribution in [0, 0.1) is 0 Å². The Hall–Kier alpha value is -1.29. The van der Waals surface area contributed by atoms with Gasteiger partial charge in [-0.05, 0) is 6.08 Å². The number of nitrogens with zero attached hydrogens (tertiary/aromatic N) is 2. The Morgan fingerprint density at radius 3 is 2.56 bits per heavy atom. The van der Waals surface area contributed by atoms with Crippen LogP contribution in [0.1, 0.15) is 5.82 Å². The lowest BCUT2D eigenvalue weighted by atomic mass is 10.2. The zero-order valence-corrected chi connectivity index (χ0v) is 9.34. The summed E-state index contributed by atoms with van der Waals surface area (Å²) in [7, 11) is -4.27. The first-order valence-electron chi connectivity index (χ1n) is 4.42. The molecule has 4 N–H and O–H groups in total. The van der Waals surface area contributed by atoms with Crippen LogP contribution < -0.4 is 11.0 Å². The molecule has 0 radical (unpaired) electrons. The van der Waals surface area contributed by atoms with Crippen molar-refractivity contribution in [2.45, 2.75) is 12.5 Å². The zero-order valence-electron chi connectivity index (χ0n) is 8.45. The molecule has 0 saturated carbocycles. The van der Waals surface area contributed by atoms with E-state index in [0.29, 0.717) is 12.2 Å². The quantitative estimate of drug-likeness (QED) is 0.484. The highest BCUT2D eigenvalue weighted by Crippen LogP contribution is 2.31. The molecule has 1 unspecified atom stereocenters. The molecule has 0 aliphatic rings. The van der Waals surface area contributed by atoms with Crippen molar-refractivity contribution in [2.75, 3.05) is 0 Å². The van der Waals surface area contributed by atoms with Gasteiger partial charge in [0.15, 0.2) is 0 Å². The van der Waals surface area contributed by atoms with Gasteiger partial charge in [-0.1, -0.05) is 6.58 Å². The third-order valence-corrected chi connectivity index (χ3v) is 2.68. The molecule has 0 aromatic carbocycles. The summed E-state index contributed by atoms with van der Waals surface area (Å²) >= 11 is 0. The van der Waals surface area contributed by atoms with Gasteiger partial charge in [0.1, 0.15) is 11.1 Å². The second-order valence-electron chi connectivity index (χ2n) is 3.14. The first kappa shape index (κ1) is 12.8. The molecule has 1 rings (SSSR count). The van der Waals surface area contributed by atoms with Gasteiger partial charge >= 0.3 is 7.60 Å². The average Bonchev–Trinajstić information content (AvgIpc) is 2.17. The molecule has 86 valence electrons. The minimum atomic E-state index is -4.27. The topological polar surface area (TPSA) is 109 Å². The number of nitrogens with two attached hydrogens (primary N) is 1. The third kappa shape index (κ3) is 3.70. The molecule has 16 heavy (non-hydrogen) atoms. The summed E-state index contributed by atoms with van der Waals surface area (Å²) in [4.78, 5) is 25.3. The first-order valence-corrected chi connectivity index (χ1v) is 6.03. The van der Waals surface area contributed by atoms with E-state index in [1.807, 2.05) is 0 Å². The predicted molar refractivity (Wildman–Crippen MR) is 59.1 cm³/mol. The lowest BCUT2D eigenvalue weighted by molar-refractivity contribution is 0.387. The van der Waals surface area contributed by atoms with Crippen molar-refractivity contribution >= 4 is 12.9 Å². The van der Waals surface area contributed by atoms with Crippen molar-refractivity contribution in [1.82, 2.24) is 9.97 Å². The molecule has 0 saturated heterocycles. The average molecular weight is 241 g/mol. The molecule has 7 heteroatoms. The van der Waals surface area contributed by atoms with Crippen molar-refractivity contribution < 1.29 is 14.4 Å². The summed E-state index contributed by atoms with van der Waals surface area (Å²) in [6.45, 7) is 3.38. The van der Waals surface area contributed by atoms with E-state index in [-0.39, 0.29) is 11.3 Å². The molecule has 1 heterocycles. The van der Waals surface area contributed by atoms with Crippen LogP contribution in [0.15, 0.2) is 30.8 Å². The largest absolute Gasteiger partial charge is 0.359 e. The van der Waals surface area contributed by atoms with Gasteiger partial charge in [-0.15, -0.1) is 5.73 Å². The maximum absolute atomic E-state index is 10.8. The van der Waals surface area contributed by atoms with Crippen LogP contribution in [0.2, 0.25) is 0 Å². The highest BCUT2D eigenvalue weighted by molar-refractivity contribution is 7.60. The lowest BCUT2D eigenvalue weighted by Crippen LogP contribution is -2.21. The maximum atomic E-state index is 10.8. The molecule has 0 aliphatic heterocycles. The van der Waals surface area contributed by atoms with Crippen LogP contribution >= 0.6 is 7.60 Å². The van der Waals surface area contributed by atoms with E-state index in [2.05, 4.69) is 22.3 Å². The van der Waals surface area contributed by atoms with Gasteiger partial charge in [-0.25, -0.2) is 9.97 Å². The standard InChI is InChI=1S/C9H12N3O3P/c1-2-3-7(10)4-9-11-5-8(6-12-9)16(13,14)15/h3,5-7H,1,4,10H2,(H2,13,14,15). The number of hydrogen-bond donors (Lipinski definition) is 3. The predicted octanol–water partition coefficient (Wildman–Crippen LogP) is -0.510. The van der Waals surface area contributed by atoms with E-state index in [4.69, 9.17) is 15.5 Å². The van der Waals surface area contributed by atoms with E-state index in [0.717, 1.165) is 12.4 Å². The fourth-order valence-electron chi connectivity index (χ4n) is 1.02. The molecule has 0 fully saturated rings. The molecule has 0 spiro atoms. The van der Waals surface area contributed by atoms with Crippen LogP contribution in [0.3, 0.4) is 0 Å². The number of hydrogen-bond acceptors (Lipinski definition) is 4. The molecule has 0 amide bonds. The summed E-state index contributed by atoms with van der Waals surface area (Å²) in [5.41, 5.74) is 8.19. The summed E-state index contributed by atoms with van der Waals surface area (Å²) in [6.07, 6.45) is 4.14. The van der Waals surface area contributed by atoms with Crippen LogP contribution in [-0.2, 0) is 11.0 Å². The Kier molecular flexibility index (Phi) is 4.12. The summed E-state index contributed by atoms with van der Waals surface area (Å²) in [5, 5.41) is -0.205. The van der Waals surface area contributed by atoms with Gasteiger partial charge in [0, 0.05) is 24.9 Å². The molecule has 1 atom stereocenters. The summed E-state index contributed by atoms with van der Waals surface area (Å²) in [5.74, 6) is 0.413. The molecule has 6 nitrogen and oxygen atoms in total. The normalized spacial score (nSPS) is 12.9. The molecule has 0 aliphatic carbocycles. The smallest absolute Gasteiger partial charge is 0.324 e. The van der Waals surface area contributed by atoms with E-state index in [9.17, 15) is 4.57 Å². The first-order chi connectivity index (χ1) is 7.43. The van der Waals surface area contributed by atoms with Gasteiger partial charge in [0.25, 0.3) is 0 Å². The van der Waals surface area contributed by atoms with Crippen LogP contribution in [0.25, 0.3) is 0 Å². The summed E-state index contributed by atoms with van der Waals surface area (Å²) in [6, 6.07) is -0.307. The van der Waals surface area contributed by atoms with Crippen molar-refractivity contribution in [3.8, 4) is 0 Å². The Labute approximate surface area is 92.7 Å². The molecular weight excluding hydrogens is 229 g/mol. The fourth-order valence-corrected chi connectivity index (χ4v) is 1.44. The molecule has 0 bridgehead atoms. The SMILES string of the molecule is C=C=CC(N)Cc1ncc(P(=O)(O)O)cn1. The van der Waals surface area contributed by atoms with E-state index in [1.54, 1.807) is 6.08 Å². The monoisotopic (exact) mass is 241 g/mol.